The number of carbonyl (C=O) groups excluding carboxylic acids is 1. The summed E-state index contributed by atoms with van der Waals surface area (Å²) in [5.41, 5.74) is 9.78. The summed E-state index contributed by atoms with van der Waals surface area (Å²) < 4.78 is 2.18. The standard InChI is InChI=1S/C18H25N3O/c1-13(19)9-10-20-18(22)17-11-14(2)21(15(17)3)12-16-7-5-4-6-8-16/h4-8,11,13H,9-10,12,19H2,1-3H3,(H,20,22). The first kappa shape index (κ1) is 16.3. The minimum absolute atomic E-state index is 0.0203. The van der Waals surface area contributed by atoms with Crippen molar-refractivity contribution in [3.05, 3.63) is 58.9 Å². The van der Waals surface area contributed by atoms with Gasteiger partial charge in [-0.1, -0.05) is 30.3 Å². The molecule has 0 saturated heterocycles. The molecule has 4 nitrogen and oxygen atoms in total. The zero-order chi connectivity index (χ0) is 16.1. The third kappa shape index (κ3) is 3.98. The van der Waals surface area contributed by atoms with E-state index in [4.69, 9.17) is 5.73 Å². The Balaban J connectivity index is 2.11. The molecule has 0 spiro atoms. The summed E-state index contributed by atoms with van der Waals surface area (Å²) in [6, 6.07) is 12.3. The number of amides is 1. The van der Waals surface area contributed by atoms with Gasteiger partial charge >= 0.3 is 0 Å². The lowest BCUT2D eigenvalue weighted by atomic mass is 10.2. The van der Waals surface area contributed by atoms with E-state index in [-0.39, 0.29) is 11.9 Å². The molecule has 1 atom stereocenters. The van der Waals surface area contributed by atoms with Crippen LogP contribution in [0.3, 0.4) is 0 Å². The SMILES string of the molecule is Cc1cc(C(=O)NCCC(C)N)c(C)n1Cc1ccccc1. The Hall–Kier alpha value is -2.07. The van der Waals surface area contributed by atoms with Crippen molar-refractivity contribution in [3.8, 4) is 0 Å². The summed E-state index contributed by atoms with van der Waals surface area (Å²) in [7, 11) is 0. The van der Waals surface area contributed by atoms with E-state index in [0.29, 0.717) is 6.54 Å². The van der Waals surface area contributed by atoms with E-state index in [2.05, 4.69) is 22.0 Å². The molecule has 1 unspecified atom stereocenters. The fraction of sp³-hybridized carbons (Fsp3) is 0.389. The van der Waals surface area contributed by atoms with Gasteiger partial charge in [0, 0.05) is 30.5 Å². The predicted octanol–water partition coefficient (Wildman–Crippen LogP) is 2.62. The van der Waals surface area contributed by atoms with Crippen LogP contribution in [0.15, 0.2) is 36.4 Å². The molecule has 1 amide bonds. The second-order valence-corrected chi connectivity index (χ2v) is 5.88. The zero-order valence-electron chi connectivity index (χ0n) is 13.6. The molecule has 2 aromatic rings. The molecule has 0 saturated carbocycles. The van der Waals surface area contributed by atoms with Crippen LogP contribution in [-0.4, -0.2) is 23.1 Å². The van der Waals surface area contributed by atoms with Crippen molar-refractivity contribution in [1.82, 2.24) is 9.88 Å². The number of benzene rings is 1. The van der Waals surface area contributed by atoms with Gasteiger partial charge in [-0.25, -0.2) is 0 Å². The molecule has 0 aliphatic rings. The molecule has 0 aliphatic carbocycles. The molecule has 0 aliphatic heterocycles. The molecule has 22 heavy (non-hydrogen) atoms. The highest BCUT2D eigenvalue weighted by molar-refractivity contribution is 5.95. The lowest BCUT2D eigenvalue weighted by Crippen LogP contribution is -2.29. The Morgan fingerprint density at radius 2 is 1.95 bits per heavy atom. The molecule has 4 heteroatoms. The number of carbonyl (C=O) groups is 1. The van der Waals surface area contributed by atoms with Crippen molar-refractivity contribution in [2.75, 3.05) is 6.54 Å². The molecular weight excluding hydrogens is 274 g/mol. The number of nitrogens with zero attached hydrogens (tertiary/aromatic N) is 1. The molecule has 0 bridgehead atoms. The highest BCUT2D eigenvalue weighted by atomic mass is 16.1. The molecule has 3 N–H and O–H groups in total. The fourth-order valence-corrected chi connectivity index (χ4v) is 2.55. The average molecular weight is 299 g/mol. The van der Waals surface area contributed by atoms with Gasteiger partial charge in [-0.05, 0) is 38.8 Å². The normalized spacial score (nSPS) is 12.2. The van der Waals surface area contributed by atoms with Gasteiger partial charge in [-0.15, -0.1) is 0 Å². The molecule has 2 rings (SSSR count). The van der Waals surface area contributed by atoms with Gasteiger partial charge in [-0.2, -0.15) is 0 Å². The molecule has 0 radical (unpaired) electrons. The molecule has 0 fully saturated rings. The van der Waals surface area contributed by atoms with E-state index in [1.165, 1.54) is 5.56 Å². The van der Waals surface area contributed by atoms with Crippen molar-refractivity contribution >= 4 is 5.91 Å². The summed E-state index contributed by atoms with van der Waals surface area (Å²) in [5.74, 6) is -0.0203. The van der Waals surface area contributed by atoms with Crippen molar-refractivity contribution in [2.45, 2.75) is 39.8 Å². The maximum atomic E-state index is 12.3. The van der Waals surface area contributed by atoms with Crippen LogP contribution in [0.4, 0.5) is 0 Å². The summed E-state index contributed by atoms with van der Waals surface area (Å²) in [6.07, 6.45) is 0.786. The van der Waals surface area contributed by atoms with Gasteiger partial charge in [0.1, 0.15) is 0 Å². The maximum absolute atomic E-state index is 12.3. The number of rotatable bonds is 6. The van der Waals surface area contributed by atoms with Crippen LogP contribution in [-0.2, 0) is 6.54 Å². The topological polar surface area (TPSA) is 60.1 Å². The van der Waals surface area contributed by atoms with Gasteiger partial charge in [-0.3, -0.25) is 4.79 Å². The lowest BCUT2D eigenvalue weighted by molar-refractivity contribution is 0.0952. The van der Waals surface area contributed by atoms with Gasteiger partial charge in [0.05, 0.1) is 5.56 Å². The van der Waals surface area contributed by atoms with Gasteiger partial charge in [0.25, 0.3) is 5.91 Å². The molecule has 1 aromatic heterocycles. The van der Waals surface area contributed by atoms with Crippen LogP contribution in [0, 0.1) is 13.8 Å². The molecule has 1 heterocycles. The largest absolute Gasteiger partial charge is 0.352 e. The van der Waals surface area contributed by atoms with Crippen molar-refractivity contribution < 1.29 is 4.79 Å². The number of nitrogens with one attached hydrogen (secondary N) is 1. The minimum atomic E-state index is -0.0203. The second-order valence-electron chi connectivity index (χ2n) is 5.88. The van der Waals surface area contributed by atoms with Crippen LogP contribution in [0.5, 0.6) is 0 Å². The number of nitrogens with two attached hydrogens (primary N) is 1. The second kappa shape index (κ2) is 7.27. The maximum Gasteiger partial charge on any atom is 0.253 e. The Morgan fingerprint density at radius 3 is 2.59 bits per heavy atom. The van der Waals surface area contributed by atoms with Gasteiger partial charge < -0.3 is 15.6 Å². The monoisotopic (exact) mass is 299 g/mol. The van der Waals surface area contributed by atoms with Crippen LogP contribution >= 0.6 is 0 Å². The summed E-state index contributed by atoms with van der Waals surface area (Å²) >= 11 is 0. The third-order valence-corrected chi connectivity index (χ3v) is 3.89. The van der Waals surface area contributed by atoms with E-state index in [1.54, 1.807) is 0 Å². The Labute approximate surface area is 132 Å². The molecule has 1 aromatic carbocycles. The van der Waals surface area contributed by atoms with Crippen LogP contribution in [0.2, 0.25) is 0 Å². The lowest BCUT2D eigenvalue weighted by Gasteiger charge is -2.10. The quantitative estimate of drug-likeness (QED) is 0.861. The predicted molar refractivity (Wildman–Crippen MR) is 90.0 cm³/mol. The number of aromatic nitrogens is 1. The third-order valence-electron chi connectivity index (χ3n) is 3.89. The fourth-order valence-electron chi connectivity index (χ4n) is 2.55. The van der Waals surface area contributed by atoms with Crippen LogP contribution in [0.1, 0.15) is 40.7 Å². The zero-order valence-corrected chi connectivity index (χ0v) is 13.6. The summed E-state index contributed by atoms with van der Waals surface area (Å²) in [4.78, 5) is 12.3. The molecular formula is C18H25N3O. The van der Waals surface area contributed by atoms with Gasteiger partial charge in [0.2, 0.25) is 0 Å². The minimum Gasteiger partial charge on any atom is -0.352 e. The van der Waals surface area contributed by atoms with Crippen molar-refractivity contribution in [3.63, 3.8) is 0 Å². The molecule has 118 valence electrons. The van der Waals surface area contributed by atoms with E-state index in [0.717, 1.165) is 29.9 Å². The van der Waals surface area contributed by atoms with Crippen molar-refractivity contribution in [2.24, 2.45) is 5.73 Å². The van der Waals surface area contributed by atoms with E-state index < -0.39 is 0 Å². The van der Waals surface area contributed by atoms with Crippen LogP contribution < -0.4 is 11.1 Å². The summed E-state index contributed by atoms with van der Waals surface area (Å²) in [5, 5.41) is 2.94. The van der Waals surface area contributed by atoms with E-state index in [9.17, 15) is 4.79 Å². The Kier molecular flexibility index (Phi) is 5.39. The smallest absolute Gasteiger partial charge is 0.253 e. The first-order chi connectivity index (χ1) is 10.5. The van der Waals surface area contributed by atoms with E-state index in [1.807, 2.05) is 45.0 Å². The van der Waals surface area contributed by atoms with E-state index >= 15 is 0 Å². The average Bonchev–Trinajstić information content (AvgIpc) is 2.76. The number of aryl methyl sites for hydroxylation is 1. The summed E-state index contributed by atoms with van der Waals surface area (Å²) in [6.45, 7) is 7.37. The Morgan fingerprint density at radius 1 is 1.27 bits per heavy atom. The van der Waals surface area contributed by atoms with Crippen LogP contribution in [0.25, 0.3) is 0 Å². The van der Waals surface area contributed by atoms with Gasteiger partial charge in [0.15, 0.2) is 0 Å². The first-order valence-electron chi connectivity index (χ1n) is 7.73. The van der Waals surface area contributed by atoms with Crippen molar-refractivity contribution in [1.29, 1.82) is 0 Å². The Bertz CT molecular complexity index is 629. The number of hydrogen-bond acceptors (Lipinski definition) is 2. The first-order valence-corrected chi connectivity index (χ1v) is 7.73. The highest BCUT2D eigenvalue weighted by Gasteiger charge is 2.15. The highest BCUT2D eigenvalue weighted by Crippen LogP contribution is 2.17. The number of hydrogen-bond donors (Lipinski definition) is 2.